The lowest BCUT2D eigenvalue weighted by molar-refractivity contribution is 0.0992. The Hall–Kier alpha value is -4.00. The molecular weight excluding hydrogens is 442 g/mol. The molecule has 0 fully saturated rings. The van der Waals surface area contributed by atoms with Gasteiger partial charge in [-0.3, -0.25) is 9.48 Å². The number of carbonyl (C=O) groups excluding carboxylic acids is 1. The fourth-order valence-electron chi connectivity index (χ4n) is 4.52. The van der Waals surface area contributed by atoms with Crippen molar-refractivity contribution in [1.29, 1.82) is 0 Å². The predicted molar refractivity (Wildman–Crippen MR) is 133 cm³/mol. The number of nitrogens with zero attached hydrogens (tertiary/aromatic N) is 2. The van der Waals surface area contributed by atoms with Crippen LogP contribution in [0.1, 0.15) is 50.8 Å². The van der Waals surface area contributed by atoms with E-state index in [9.17, 15) is 4.79 Å². The molecule has 7 nitrogen and oxygen atoms in total. The van der Waals surface area contributed by atoms with Gasteiger partial charge in [-0.1, -0.05) is 18.2 Å². The first-order valence-electron chi connectivity index (χ1n) is 11.8. The van der Waals surface area contributed by atoms with Crippen LogP contribution in [0.15, 0.2) is 59.0 Å². The van der Waals surface area contributed by atoms with Gasteiger partial charge in [0, 0.05) is 0 Å². The molecule has 0 saturated heterocycles. The first-order valence-corrected chi connectivity index (χ1v) is 11.8. The van der Waals surface area contributed by atoms with Gasteiger partial charge < -0.3 is 19.2 Å². The first kappa shape index (κ1) is 22.8. The summed E-state index contributed by atoms with van der Waals surface area (Å²) in [6.45, 7) is 4.66. The molecule has 35 heavy (non-hydrogen) atoms. The minimum atomic E-state index is -0.319. The molecule has 1 amide bonds. The molecule has 0 unspecified atom stereocenters. The minimum absolute atomic E-state index is 0.233. The Balaban J connectivity index is 1.23. The molecule has 0 radical (unpaired) electrons. The van der Waals surface area contributed by atoms with E-state index in [-0.39, 0.29) is 18.3 Å². The number of nitrogens with one attached hydrogen (secondary N) is 1. The van der Waals surface area contributed by atoms with Crippen molar-refractivity contribution in [2.45, 2.75) is 46.3 Å². The van der Waals surface area contributed by atoms with Crippen molar-refractivity contribution in [1.82, 2.24) is 9.78 Å². The number of ether oxygens (including phenoxy) is 2. The number of methoxy groups -OCH3 is 1. The van der Waals surface area contributed by atoms with Crippen LogP contribution in [0.25, 0.3) is 0 Å². The second-order valence-electron chi connectivity index (χ2n) is 8.85. The molecule has 2 aromatic carbocycles. The lowest BCUT2D eigenvalue weighted by Crippen LogP contribution is -2.12. The summed E-state index contributed by atoms with van der Waals surface area (Å²) in [5.74, 6) is 2.13. The smallest absolute Gasteiger partial charge is 0.291 e. The van der Waals surface area contributed by atoms with Gasteiger partial charge in [0.2, 0.25) is 0 Å². The molecule has 1 aliphatic rings. The number of anilines is 1. The lowest BCUT2D eigenvalue weighted by atomic mass is 10.1. The molecular formula is C28H29N3O4. The highest BCUT2D eigenvalue weighted by Crippen LogP contribution is 2.27. The van der Waals surface area contributed by atoms with E-state index in [0.29, 0.717) is 18.0 Å². The van der Waals surface area contributed by atoms with Crippen LogP contribution in [-0.2, 0) is 26.0 Å². The molecule has 5 rings (SSSR count). The molecule has 0 saturated carbocycles. The second-order valence-corrected chi connectivity index (χ2v) is 8.85. The van der Waals surface area contributed by atoms with Gasteiger partial charge in [0.1, 0.15) is 23.9 Å². The van der Waals surface area contributed by atoms with Crippen LogP contribution in [-0.4, -0.2) is 22.8 Å². The van der Waals surface area contributed by atoms with E-state index in [0.717, 1.165) is 41.3 Å². The summed E-state index contributed by atoms with van der Waals surface area (Å²) in [6.07, 6.45) is 3.45. The third kappa shape index (κ3) is 4.94. The maximum Gasteiger partial charge on any atom is 0.291 e. The zero-order valence-corrected chi connectivity index (χ0v) is 20.3. The van der Waals surface area contributed by atoms with E-state index in [1.165, 1.54) is 17.5 Å². The van der Waals surface area contributed by atoms with Crippen molar-refractivity contribution in [3.05, 3.63) is 94.2 Å². The molecule has 0 bridgehead atoms. The van der Waals surface area contributed by atoms with Crippen molar-refractivity contribution in [2.24, 2.45) is 0 Å². The summed E-state index contributed by atoms with van der Waals surface area (Å²) in [5.41, 5.74) is 6.12. The van der Waals surface area contributed by atoms with E-state index in [4.69, 9.17) is 13.9 Å². The monoisotopic (exact) mass is 471 g/mol. The maximum atomic E-state index is 12.9. The van der Waals surface area contributed by atoms with Gasteiger partial charge in [0.25, 0.3) is 5.91 Å². The largest absolute Gasteiger partial charge is 0.497 e. The average molecular weight is 472 g/mol. The van der Waals surface area contributed by atoms with Gasteiger partial charge in [0.15, 0.2) is 5.76 Å². The van der Waals surface area contributed by atoms with Gasteiger partial charge >= 0.3 is 0 Å². The molecule has 1 N–H and O–H groups in total. The van der Waals surface area contributed by atoms with E-state index in [2.05, 4.69) is 22.5 Å². The number of fused-ring (bicyclic) bond motifs is 1. The Labute approximate surface area is 204 Å². The number of amides is 1. The lowest BCUT2D eigenvalue weighted by Gasteiger charge is -2.08. The highest BCUT2D eigenvalue weighted by Gasteiger charge is 2.18. The third-order valence-corrected chi connectivity index (χ3v) is 6.42. The molecule has 0 spiro atoms. The van der Waals surface area contributed by atoms with Gasteiger partial charge in [0.05, 0.1) is 30.7 Å². The number of aromatic nitrogens is 2. The summed E-state index contributed by atoms with van der Waals surface area (Å²) in [6, 6.07) is 17.5. The van der Waals surface area contributed by atoms with Crippen LogP contribution in [0.5, 0.6) is 11.5 Å². The molecule has 0 aliphatic heterocycles. The van der Waals surface area contributed by atoms with E-state index in [1.54, 1.807) is 19.2 Å². The third-order valence-electron chi connectivity index (χ3n) is 6.42. The summed E-state index contributed by atoms with van der Waals surface area (Å²) in [5, 5.41) is 7.57. The van der Waals surface area contributed by atoms with Gasteiger partial charge in [-0.25, -0.2) is 0 Å². The minimum Gasteiger partial charge on any atom is -0.497 e. The van der Waals surface area contributed by atoms with Crippen LogP contribution < -0.4 is 14.8 Å². The number of hydrogen-bond acceptors (Lipinski definition) is 5. The predicted octanol–water partition coefficient (Wildman–Crippen LogP) is 5.47. The van der Waals surface area contributed by atoms with E-state index < -0.39 is 0 Å². The number of furan rings is 1. The maximum absolute atomic E-state index is 12.9. The number of hydrogen-bond donors (Lipinski definition) is 1. The zero-order valence-electron chi connectivity index (χ0n) is 20.3. The van der Waals surface area contributed by atoms with Crippen molar-refractivity contribution in [3.63, 3.8) is 0 Å². The molecule has 2 heterocycles. The average Bonchev–Trinajstić information content (AvgIpc) is 3.59. The standard InChI is InChI=1S/C28H29N3O4/c1-18-27(19(2)31(30-18)16-20-6-4-9-23(14-20)33-3)29-28(32)26-13-12-25(35-26)17-34-24-11-10-21-7-5-8-22(21)15-24/h4,6,9-15H,5,7-8,16-17H2,1-3H3,(H,29,32). The topological polar surface area (TPSA) is 78.5 Å². The van der Waals surface area contributed by atoms with Crippen LogP contribution in [0.3, 0.4) is 0 Å². The Morgan fingerprint density at radius 3 is 2.77 bits per heavy atom. The SMILES string of the molecule is COc1cccc(Cn2nc(C)c(NC(=O)c3ccc(COc4ccc5c(c4)CCC5)o3)c2C)c1. The van der Waals surface area contributed by atoms with Crippen molar-refractivity contribution >= 4 is 11.6 Å². The van der Waals surface area contributed by atoms with Crippen LogP contribution in [0, 0.1) is 13.8 Å². The summed E-state index contributed by atoms with van der Waals surface area (Å²) >= 11 is 0. The van der Waals surface area contributed by atoms with E-state index in [1.807, 2.05) is 48.9 Å². The Kier molecular flexibility index (Phi) is 6.31. The van der Waals surface area contributed by atoms with Crippen molar-refractivity contribution in [3.8, 4) is 11.5 Å². The Morgan fingerprint density at radius 2 is 1.91 bits per heavy atom. The van der Waals surface area contributed by atoms with Gasteiger partial charge in [-0.15, -0.1) is 0 Å². The van der Waals surface area contributed by atoms with Crippen LogP contribution in [0.4, 0.5) is 5.69 Å². The van der Waals surface area contributed by atoms with Gasteiger partial charge in [-0.2, -0.15) is 5.10 Å². The number of carbonyl (C=O) groups is 1. The summed E-state index contributed by atoms with van der Waals surface area (Å²) in [4.78, 5) is 12.9. The fraction of sp³-hybridized carbons (Fsp3) is 0.286. The fourth-order valence-corrected chi connectivity index (χ4v) is 4.52. The Bertz CT molecular complexity index is 1370. The molecule has 1 aliphatic carbocycles. The second kappa shape index (κ2) is 9.70. The summed E-state index contributed by atoms with van der Waals surface area (Å²) in [7, 11) is 1.65. The first-order chi connectivity index (χ1) is 17.0. The highest BCUT2D eigenvalue weighted by molar-refractivity contribution is 6.02. The molecule has 2 aromatic heterocycles. The quantitative estimate of drug-likeness (QED) is 0.369. The molecule has 4 aromatic rings. The van der Waals surface area contributed by atoms with E-state index >= 15 is 0 Å². The summed E-state index contributed by atoms with van der Waals surface area (Å²) < 4.78 is 18.8. The number of aryl methyl sites for hydroxylation is 3. The van der Waals surface area contributed by atoms with Crippen LogP contribution >= 0.6 is 0 Å². The molecule has 0 atom stereocenters. The highest BCUT2D eigenvalue weighted by atomic mass is 16.5. The zero-order chi connectivity index (χ0) is 24.4. The normalized spacial score (nSPS) is 12.4. The van der Waals surface area contributed by atoms with Crippen LogP contribution in [0.2, 0.25) is 0 Å². The van der Waals surface area contributed by atoms with Gasteiger partial charge in [-0.05, 0) is 86.2 Å². The van der Waals surface area contributed by atoms with Crippen molar-refractivity contribution < 1.29 is 18.7 Å². The number of benzene rings is 2. The molecule has 7 heteroatoms. The number of rotatable bonds is 8. The molecule has 180 valence electrons. The Morgan fingerprint density at radius 1 is 1.06 bits per heavy atom. The van der Waals surface area contributed by atoms with Crippen molar-refractivity contribution in [2.75, 3.05) is 12.4 Å².